The van der Waals surface area contributed by atoms with E-state index in [0.29, 0.717) is 18.2 Å². The van der Waals surface area contributed by atoms with Gasteiger partial charge in [0.15, 0.2) is 0 Å². The van der Waals surface area contributed by atoms with Crippen LogP contribution >= 0.6 is 0 Å². The molecule has 2 rings (SSSR count). The van der Waals surface area contributed by atoms with Crippen molar-refractivity contribution in [1.29, 1.82) is 0 Å². The third-order valence-electron chi connectivity index (χ3n) is 3.20. The lowest BCUT2D eigenvalue weighted by molar-refractivity contribution is -0.122. The van der Waals surface area contributed by atoms with Gasteiger partial charge in [-0.15, -0.1) is 0 Å². The first kappa shape index (κ1) is 11.8. The number of carbonyl (C=O) groups is 1. The number of anilines is 1. The highest BCUT2D eigenvalue weighted by Gasteiger charge is 2.38. The minimum absolute atomic E-state index is 0.127. The lowest BCUT2D eigenvalue weighted by Gasteiger charge is -2.10. The molecule has 0 saturated heterocycles. The first-order valence-electron chi connectivity index (χ1n) is 5.82. The number of nitrogens with one attached hydrogen (secondary N) is 1. The van der Waals surface area contributed by atoms with Gasteiger partial charge in [0.2, 0.25) is 5.91 Å². The zero-order valence-corrected chi connectivity index (χ0v) is 10.2. The zero-order valence-electron chi connectivity index (χ0n) is 10.2. The molecule has 2 unspecified atom stereocenters. The van der Waals surface area contributed by atoms with Gasteiger partial charge in [-0.1, -0.05) is 6.92 Å². The van der Waals surface area contributed by atoms with Crippen LogP contribution in [0, 0.1) is 11.8 Å². The normalized spacial score (nSPS) is 22.0. The van der Waals surface area contributed by atoms with Crippen molar-refractivity contribution in [3.05, 3.63) is 23.8 Å². The van der Waals surface area contributed by atoms with E-state index in [4.69, 9.17) is 10.5 Å². The van der Waals surface area contributed by atoms with Crippen molar-refractivity contribution < 1.29 is 9.53 Å². The van der Waals surface area contributed by atoms with E-state index in [1.807, 2.05) is 12.1 Å². The third kappa shape index (κ3) is 2.70. The molecular formula is C13H18N2O2. The lowest BCUT2D eigenvalue weighted by atomic mass is 10.1. The van der Waals surface area contributed by atoms with Gasteiger partial charge >= 0.3 is 0 Å². The van der Waals surface area contributed by atoms with Crippen molar-refractivity contribution in [3.8, 4) is 5.75 Å². The smallest absolute Gasteiger partial charge is 0.223 e. The maximum atomic E-state index is 11.7. The van der Waals surface area contributed by atoms with Crippen molar-refractivity contribution in [2.24, 2.45) is 11.8 Å². The summed E-state index contributed by atoms with van der Waals surface area (Å²) in [6.07, 6.45) is 1.000. The van der Waals surface area contributed by atoms with Gasteiger partial charge in [0.1, 0.15) is 5.75 Å². The number of hydrogen-bond donors (Lipinski definition) is 2. The van der Waals surface area contributed by atoms with E-state index >= 15 is 0 Å². The van der Waals surface area contributed by atoms with Gasteiger partial charge in [0.05, 0.1) is 7.11 Å². The van der Waals surface area contributed by atoms with E-state index in [-0.39, 0.29) is 11.8 Å². The number of nitrogen functional groups attached to an aromatic ring is 1. The van der Waals surface area contributed by atoms with Crippen LogP contribution in [-0.2, 0) is 11.3 Å². The quantitative estimate of drug-likeness (QED) is 0.777. The summed E-state index contributed by atoms with van der Waals surface area (Å²) in [5, 5.41) is 2.92. The number of carbonyl (C=O) groups excluding carboxylic acids is 1. The monoisotopic (exact) mass is 234 g/mol. The molecule has 0 aliphatic heterocycles. The highest BCUT2D eigenvalue weighted by Crippen LogP contribution is 2.37. The van der Waals surface area contributed by atoms with E-state index in [1.165, 1.54) is 0 Å². The van der Waals surface area contributed by atoms with Crippen LogP contribution in [0.15, 0.2) is 18.2 Å². The molecule has 1 aliphatic rings. The fraction of sp³-hybridized carbons (Fsp3) is 0.462. The van der Waals surface area contributed by atoms with Crippen LogP contribution < -0.4 is 15.8 Å². The Balaban J connectivity index is 1.98. The van der Waals surface area contributed by atoms with Crippen LogP contribution in [-0.4, -0.2) is 13.0 Å². The number of amides is 1. The minimum atomic E-state index is 0.127. The van der Waals surface area contributed by atoms with Gasteiger partial charge in [0, 0.05) is 23.7 Å². The number of nitrogens with two attached hydrogens (primary N) is 1. The zero-order chi connectivity index (χ0) is 12.4. The van der Waals surface area contributed by atoms with E-state index in [0.717, 1.165) is 17.7 Å². The Morgan fingerprint density at radius 2 is 2.29 bits per heavy atom. The van der Waals surface area contributed by atoms with Crippen LogP contribution in [0.4, 0.5) is 5.69 Å². The Morgan fingerprint density at radius 1 is 1.59 bits per heavy atom. The van der Waals surface area contributed by atoms with Crippen LogP contribution in [0.3, 0.4) is 0 Å². The Labute approximate surface area is 101 Å². The van der Waals surface area contributed by atoms with E-state index in [1.54, 1.807) is 13.2 Å². The van der Waals surface area contributed by atoms with Crippen LogP contribution in [0.5, 0.6) is 5.75 Å². The molecule has 1 fully saturated rings. The molecular weight excluding hydrogens is 216 g/mol. The Hall–Kier alpha value is -1.71. The van der Waals surface area contributed by atoms with E-state index < -0.39 is 0 Å². The molecule has 1 aromatic carbocycles. The highest BCUT2D eigenvalue weighted by molar-refractivity contribution is 5.81. The van der Waals surface area contributed by atoms with Gasteiger partial charge in [-0.05, 0) is 30.5 Å². The molecule has 17 heavy (non-hydrogen) atoms. The molecule has 1 saturated carbocycles. The van der Waals surface area contributed by atoms with E-state index in [2.05, 4.69) is 12.2 Å². The van der Waals surface area contributed by atoms with Gasteiger partial charge < -0.3 is 15.8 Å². The van der Waals surface area contributed by atoms with Crippen LogP contribution in [0.1, 0.15) is 18.9 Å². The molecule has 2 atom stereocenters. The average molecular weight is 234 g/mol. The van der Waals surface area contributed by atoms with Crippen LogP contribution in [0.2, 0.25) is 0 Å². The molecule has 1 amide bonds. The van der Waals surface area contributed by atoms with Crippen molar-refractivity contribution in [2.45, 2.75) is 19.9 Å². The number of methoxy groups -OCH3 is 1. The number of ether oxygens (including phenoxy) is 1. The topological polar surface area (TPSA) is 64.3 Å². The first-order valence-corrected chi connectivity index (χ1v) is 5.82. The first-order chi connectivity index (χ1) is 8.11. The summed E-state index contributed by atoms with van der Waals surface area (Å²) in [7, 11) is 1.61. The summed E-state index contributed by atoms with van der Waals surface area (Å²) in [6, 6.07) is 5.43. The Kier molecular flexibility index (Phi) is 3.22. The lowest BCUT2D eigenvalue weighted by Crippen LogP contribution is -2.25. The standard InChI is InChI=1S/C13H18N2O2/c1-8-5-11(8)13(16)15-7-9-6-10(14)3-4-12(9)17-2/h3-4,6,8,11H,5,7,14H2,1-2H3,(H,15,16). The number of rotatable bonds is 4. The van der Waals surface area contributed by atoms with Crippen molar-refractivity contribution in [1.82, 2.24) is 5.32 Å². The molecule has 92 valence electrons. The molecule has 0 radical (unpaired) electrons. The predicted octanol–water partition coefficient (Wildman–Crippen LogP) is 1.55. The van der Waals surface area contributed by atoms with E-state index in [9.17, 15) is 4.79 Å². The second kappa shape index (κ2) is 4.65. The minimum Gasteiger partial charge on any atom is -0.496 e. The maximum Gasteiger partial charge on any atom is 0.223 e. The Bertz CT molecular complexity index is 431. The fourth-order valence-corrected chi connectivity index (χ4v) is 1.94. The van der Waals surface area contributed by atoms with Gasteiger partial charge in [-0.3, -0.25) is 4.79 Å². The summed E-state index contributed by atoms with van der Waals surface area (Å²) in [5.74, 6) is 1.60. The molecule has 1 aliphatic carbocycles. The summed E-state index contributed by atoms with van der Waals surface area (Å²) < 4.78 is 5.22. The van der Waals surface area contributed by atoms with Crippen molar-refractivity contribution >= 4 is 11.6 Å². The number of benzene rings is 1. The van der Waals surface area contributed by atoms with Gasteiger partial charge in [-0.25, -0.2) is 0 Å². The summed E-state index contributed by atoms with van der Waals surface area (Å²) >= 11 is 0. The van der Waals surface area contributed by atoms with Crippen molar-refractivity contribution in [2.75, 3.05) is 12.8 Å². The largest absolute Gasteiger partial charge is 0.496 e. The SMILES string of the molecule is COc1ccc(N)cc1CNC(=O)C1CC1C. The average Bonchev–Trinajstić information content (AvgIpc) is 3.03. The van der Waals surface area contributed by atoms with Gasteiger partial charge in [0.25, 0.3) is 0 Å². The molecule has 0 bridgehead atoms. The van der Waals surface area contributed by atoms with Crippen molar-refractivity contribution in [3.63, 3.8) is 0 Å². The van der Waals surface area contributed by atoms with Gasteiger partial charge in [-0.2, -0.15) is 0 Å². The molecule has 3 N–H and O–H groups in total. The second-order valence-corrected chi connectivity index (χ2v) is 4.61. The number of hydrogen-bond acceptors (Lipinski definition) is 3. The maximum absolute atomic E-state index is 11.7. The fourth-order valence-electron chi connectivity index (χ4n) is 1.94. The molecule has 1 aromatic rings. The Morgan fingerprint density at radius 3 is 2.88 bits per heavy atom. The molecule has 4 nitrogen and oxygen atoms in total. The molecule has 0 heterocycles. The highest BCUT2D eigenvalue weighted by atomic mass is 16.5. The third-order valence-corrected chi connectivity index (χ3v) is 3.20. The predicted molar refractivity (Wildman–Crippen MR) is 66.5 cm³/mol. The summed E-state index contributed by atoms with van der Waals surface area (Å²) in [6.45, 7) is 2.56. The summed E-state index contributed by atoms with van der Waals surface area (Å²) in [5.41, 5.74) is 7.30. The van der Waals surface area contributed by atoms with Crippen LogP contribution in [0.25, 0.3) is 0 Å². The molecule has 0 aromatic heterocycles. The second-order valence-electron chi connectivity index (χ2n) is 4.61. The summed E-state index contributed by atoms with van der Waals surface area (Å²) in [4.78, 5) is 11.7. The molecule has 0 spiro atoms. The molecule has 4 heteroatoms.